The Morgan fingerprint density at radius 3 is 2.70 bits per heavy atom. The molecule has 0 aliphatic carbocycles. The van der Waals surface area contributed by atoms with Crippen LogP contribution in [0.25, 0.3) is 0 Å². The van der Waals surface area contributed by atoms with Crippen molar-refractivity contribution in [1.82, 2.24) is 20.5 Å². The fraction of sp³-hybridized carbons (Fsp3) is 0.455. The molecule has 0 saturated heterocycles. The summed E-state index contributed by atoms with van der Waals surface area (Å²) in [5.74, 6) is 1.45. The lowest BCUT2D eigenvalue weighted by Crippen LogP contribution is -2.41. The van der Waals surface area contributed by atoms with Crippen molar-refractivity contribution in [2.75, 3.05) is 46.9 Å². The fourth-order valence-electron chi connectivity index (χ4n) is 2.70. The molecule has 30 heavy (non-hydrogen) atoms. The van der Waals surface area contributed by atoms with Gasteiger partial charge in [-0.25, -0.2) is 14.4 Å². The van der Waals surface area contributed by atoms with Crippen LogP contribution in [0, 0.1) is 5.82 Å². The topological polar surface area (TPSA) is 71.0 Å². The summed E-state index contributed by atoms with van der Waals surface area (Å²) in [7, 11) is 3.82. The number of halogens is 1. The highest BCUT2D eigenvalue weighted by Crippen LogP contribution is 2.20. The lowest BCUT2D eigenvalue weighted by Gasteiger charge is -2.18. The van der Waals surface area contributed by atoms with E-state index in [2.05, 4.69) is 32.6 Å². The highest BCUT2D eigenvalue weighted by molar-refractivity contribution is 5.79. The number of aromatic nitrogens is 1. The predicted octanol–water partition coefficient (Wildman–Crippen LogP) is 3.04. The van der Waals surface area contributed by atoms with Gasteiger partial charge in [0.1, 0.15) is 11.6 Å². The summed E-state index contributed by atoms with van der Waals surface area (Å²) in [6.45, 7) is 6.79. The Kier molecular flexibility index (Phi) is 10.6. The maximum atomic E-state index is 13.0. The maximum absolute atomic E-state index is 13.0. The van der Waals surface area contributed by atoms with Crippen LogP contribution in [0.2, 0.25) is 0 Å². The molecule has 0 spiro atoms. The van der Waals surface area contributed by atoms with Crippen LogP contribution in [-0.4, -0.2) is 62.8 Å². The van der Waals surface area contributed by atoms with Gasteiger partial charge in [0, 0.05) is 52.2 Å². The van der Waals surface area contributed by atoms with Gasteiger partial charge in [0.05, 0.1) is 6.54 Å². The van der Waals surface area contributed by atoms with Crippen LogP contribution in [0.15, 0.2) is 47.6 Å². The maximum Gasteiger partial charge on any atom is 0.219 e. The van der Waals surface area contributed by atoms with Crippen LogP contribution in [0.4, 0.5) is 4.39 Å². The van der Waals surface area contributed by atoms with E-state index in [4.69, 9.17) is 9.47 Å². The number of methoxy groups -OCH3 is 1. The second-order valence-corrected chi connectivity index (χ2v) is 6.83. The summed E-state index contributed by atoms with van der Waals surface area (Å²) in [5.41, 5.74) is 0.969. The van der Waals surface area contributed by atoms with Gasteiger partial charge in [-0.2, -0.15) is 0 Å². The van der Waals surface area contributed by atoms with Crippen molar-refractivity contribution >= 4 is 5.96 Å². The predicted molar refractivity (Wildman–Crippen MR) is 118 cm³/mol. The van der Waals surface area contributed by atoms with Crippen LogP contribution < -0.4 is 15.4 Å². The number of ether oxygens (including phenoxy) is 2. The molecule has 8 heteroatoms. The minimum atomic E-state index is -0.303. The minimum absolute atomic E-state index is 0.303. The molecule has 7 nitrogen and oxygen atoms in total. The van der Waals surface area contributed by atoms with Crippen molar-refractivity contribution in [3.63, 3.8) is 0 Å². The largest absolute Gasteiger partial charge is 0.439 e. The summed E-state index contributed by atoms with van der Waals surface area (Å²) >= 11 is 0. The van der Waals surface area contributed by atoms with Crippen LogP contribution in [-0.2, 0) is 11.3 Å². The quantitative estimate of drug-likeness (QED) is 0.314. The Hall–Kier alpha value is -2.71. The fourth-order valence-corrected chi connectivity index (χ4v) is 2.70. The second kappa shape index (κ2) is 13.5. The molecular formula is C22H32FN5O2. The van der Waals surface area contributed by atoms with Gasteiger partial charge >= 0.3 is 0 Å². The van der Waals surface area contributed by atoms with Crippen LogP contribution >= 0.6 is 0 Å². The first-order valence-corrected chi connectivity index (χ1v) is 10.2. The summed E-state index contributed by atoms with van der Waals surface area (Å²) in [6.07, 6.45) is 2.70. The third-order valence-corrected chi connectivity index (χ3v) is 4.27. The summed E-state index contributed by atoms with van der Waals surface area (Å²) in [5, 5.41) is 6.61. The van der Waals surface area contributed by atoms with E-state index in [9.17, 15) is 4.39 Å². The van der Waals surface area contributed by atoms with Crippen molar-refractivity contribution < 1.29 is 13.9 Å². The van der Waals surface area contributed by atoms with Crippen molar-refractivity contribution in [3.05, 3.63) is 54.0 Å². The summed E-state index contributed by atoms with van der Waals surface area (Å²) in [6, 6.07) is 9.58. The van der Waals surface area contributed by atoms with E-state index in [-0.39, 0.29) is 5.82 Å². The van der Waals surface area contributed by atoms with Crippen LogP contribution in [0.5, 0.6) is 11.6 Å². The molecule has 0 atom stereocenters. The molecule has 1 heterocycles. The zero-order chi connectivity index (χ0) is 21.6. The normalized spacial score (nSPS) is 11.6. The Balaban J connectivity index is 1.86. The van der Waals surface area contributed by atoms with Crippen LogP contribution in [0.3, 0.4) is 0 Å². The molecule has 0 saturated carbocycles. The third kappa shape index (κ3) is 9.19. The number of guanidine groups is 1. The van der Waals surface area contributed by atoms with Crippen molar-refractivity contribution in [3.8, 4) is 11.6 Å². The number of likely N-dealkylation sites (N-methyl/N-ethyl adjacent to an activating group) is 1. The molecule has 2 rings (SSSR count). The molecular weight excluding hydrogens is 385 g/mol. The standard InChI is InChI=1S/C22H32FN5O2/c1-4-24-22(26-12-14-28(2)13-5-15-29-3)27-17-18-10-11-25-21(16-18)30-20-8-6-19(23)7-9-20/h6-11,16H,4-5,12-15,17H2,1-3H3,(H2,24,26,27). The Labute approximate surface area is 178 Å². The van der Waals surface area contributed by atoms with Crippen molar-refractivity contribution in [2.45, 2.75) is 19.9 Å². The highest BCUT2D eigenvalue weighted by atomic mass is 19.1. The van der Waals surface area contributed by atoms with Gasteiger partial charge in [0.15, 0.2) is 5.96 Å². The van der Waals surface area contributed by atoms with Gasteiger partial charge < -0.3 is 25.0 Å². The van der Waals surface area contributed by atoms with Gasteiger partial charge in [0.2, 0.25) is 5.88 Å². The Morgan fingerprint density at radius 2 is 1.97 bits per heavy atom. The SMILES string of the molecule is CCNC(=NCc1ccnc(Oc2ccc(F)cc2)c1)NCCN(C)CCCOC. The number of benzene rings is 1. The van der Waals surface area contributed by atoms with Crippen molar-refractivity contribution in [2.24, 2.45) is 4.99 Å². The number of pyridine rings is 1. The molecule has 1 aromatic carbocycles. The van der Waals surface area contributed by atoms with Gasteiger partial charge in [-0.05, 0) is 56.3 Å². The number of aliphatic imine (C=N–C) groups is 1. The number of hydrogen-bond donors (Lipinski definition) is 2. The summed E-state index contributed by atoms with van der Waals surface area (Å²) < 4.78 is 23.8. The van der Waals surface area contributed by atoms with E-state index in [1.165, 1.54) is 12.1 Å². The smallest absolute Gasteiger partial charge is 0.219 e. The zero-order valence-corrected chi connectivity index (χ0v) is 18.0. The zero-order valence-electron chi connectivity index (χ0n) is 18.0. The Bertz CT molecular complexity index is 770. The molecule has 0 amide bonds. The van der Waals surface area contributed by atoms with E-state index in [1.807, 2.05) is 19.1 Å². The van der Waals surface area contributed by atoms with Gasteiger partial charge in [0.25, 0.3) is 0 Å². The molecule has 0 aliphatic heterocycles. The molecule has 0 unspecified atom stereocenters. The highest BCUT2D eigenvalue weighted by Gasteiger charge is 2.03. The first-order valence-electron chi connectivity index (χ1n) is 10.2. The average Bonchev–Trinajstić information content (AvgIpc) is 2.74. The average molecular weight is 418 g/mol. The van der Waals surface area contributed by atoms with Crippen LogP contribution in [0.1, 0.15) is 18.9 Å². The first-order chi connectivity index (χ1) is 14.6. The number of rotatable bonds is 12. The lowest BCUT2D eigenvalue weighted by atomic mass is 10.2. The number of hydrogen-bond acceptors (Lipinski definition) is 5. The van der Waals surface area contributed by atoms with E-state index >= 15 is 0 Å². The summed E-state index contributed by atoms with van der Waals surface area (Å²) in [4.78, 5) is 11.1. The Morgan fingerprint density at radius 1 is 1.17 bits per heavy atom. The monoisotopic (exact) mass is 417 g/mol. The second-order valence-electron chi connectivity index (χ2n) is 6.83. The van der Waals surface area contributed by atoms with E-state index in [0.29, 0.717) is 18.2 Å². The van der Waals surface area contributed by atoms with Gasteiger partial charge in [-0.15, -0.1) is 0 Å². The minimum Gasteiger partial charge on any atom is -0.439 e. The molecule has 0 radical (unpaired) electrons. The van der Waals surface area contributed by atoms with E-state index in [1.54, 1.807) is 25.4 Å². The molecule has 2 aromatic rings. The molecule has 2 N–H and O–H groups in total. The molecule has 0 aliphatic rings. The molecule has 164 valence electrons. The first kappa shape index (κ1) is 23.6. The van der Waals surface area contributed by atoms with Gasteiger partial charge in [-0.3, -0.25) is 0 Å². The molecule has 0 bridgehead atoms. The third-order valence-electron chi connectivity index (χ3n) is 4.27. The number of nitrogens with zero attached hydrogens (tertiary/aromatic N) is 3. The van der Waals surface area contributed by atoms with Gasteiger partial charge in [-0.1, -0.05) is 0 Å². The number of nitrogens with one attached hydrogen (secondary N) is 2. The van der Waals surface area contributed by atoms with E-state index < -0.39 is 0 Å². The van der Waals surface area contributed by atoms with E-state index in [0.717, 1.165) is 50.7 Å². The van der Waals surface area contributed by atoms with Crippen molar-refractivity contribution in [1.29, 1.82) is 0 Å². The molecule has 0 fully saturated rings. The lowest BCUT2D eigenvalue weighted by molar-refractivity contribution is 0.180. The molecule has 1 aromatic heterocycles.